The van der Waals surface area contributed by atoms with Crippen LogP contribution in [-0.4, -0.2) is 29.3 Å². The number of aromatic nitrogens is 2. The summed E-state index contributed by atoms with van der Waals surface area (Å²) in [6, 6.07) is 4.94. The monoisotopic (exact) mass is 276 g/mol. The van der Waals surface area contributed by atoms with Crippen molar-refractivity contribution in [1.82, 2.24) is 15.5 Å². The van der Waals surface area contributed by atoms with E-state index < -0.39 is 0 Å². The predicted octanol–water partition coefficient (Wildman–Crippen LogP) is 2.99. The first-order chi connectivity index (χ1) is 9.70. The van der Waals surface area contributed by atoms with Gasteiger partial charge in [-0.25, -0.2) is 0 Å². The molecule has 4 nitrogen and oxygen atoms in total. The second-order valence-corrected chi connectivity index (χ2v) is 6.17. The van der Waals surface area contributed by atoms with Gasteiger partial charge in [0.1, 0.15) is 0 Å². The molecule has 0 amide bonds. The van der Waals surface area contributed by atoms with Crippen molar-refractivity contribution >= 4 is 5.82 Å². The van der Waals surface area contributed by atoms with Gasteiger partial charge in [0.05, 0.1) is 5.69 Å². The van der Waals surface area contributed by atoms with Gasteiger partial charge in [0.2, 0.25) is 0 Å². The second-order valence-electron chi connectivity index (χ2n) is 6.17. The lowest BCUT2D eigenvalue weighted by Crippen LogP contribution is -2.29. The third kappa shape index (κ3) is 4.75. The van der Waals surface area contributed by atoms with E-state index in [1.54, 1.807) is 0 Å². The van der Waals surface area contributed by atoms with Crippen LogP contribution in [0.5, 0.6) is 0 Å². The molecule has 0 spiro atoms. The largest absolute Gasteiger partial charge is 0.352 e. The van der Waals surface area contributed by atoms with Crippen LogP contribution in [0.15, 0.2) is 12.1 Å². The van der Waals surface area contributed by atoms with E-state index >= 15 is 0 Å². The third-order valence-electron chi connectivity index (χ3n) is 3.67. The number of hydrogen-bond donors (Lipinski definition) is 1. The minimum atomic E-state index is 0.701. The zero-order valence-electron chi connectivity index (χ0n) is 13.1. The highest BCUT2D eigenvalue weighted by molar-refractivity contribution is 5.40. The van der Waals surface area contributed by atoms with Crippen LogP contribution in [0, 0.1) is 5.92 Å². The van der Waals surface area contributed by atoms with E-state index in [1.807, 2.05) is 0 Å². The Morgan fingerprint density at radius 3 is 2.65 bits per heavy atom. The number of nitrogens with one attached hydrogen (secondary N) is 1. The fourth-order valence-electron chi connectivity index (χ4n) is 2.26. The molecule has 1 fully saturated rings. The Morgan fingerprint density at radius 1 is 1.30 bits per heavy atom. The van der Waals surface area contributed by atoms with Crippen LogP contribution in [0.25, 0.3) is 0 Å². The van der Waals surface area contributed by atoms with Crippen LogP contribution in [-0.2, 0) is 6.54 Å². The van der Waals surface area contributed by atoms with Crippen molar-refractivity contribution in [3.63, 3.8) is 0 Å². The van der Waals surface area contributed by atoms with E-state index in [-0.39, 0.29) is 0 Å². The summed E-state index contributed by atoms with van der Waals surface area (Å²) in [5.74, 6) is 1.79. The Kier molecular flexibility index (Phi) is 5.77. The molecular weight excluding hydrogens is 248 g/mol. The Balaban J connectivity index is 1.91. The van der Waals surface area contributed by atoms with Gasteiger partial charge in [-0.3, -0.25) is 0 Å². The van der Waals surface area contributed by atoms with E-state index in [1.165, 1.54) is 19.3 Å². The topological polar surface area (TPSA) is 41.0 Å². The Bertz CT molecular complexity index is 384. The van der Waals surface area contributed by atoms with Crippen LogP contribution in [0.3, 0.4) is 0 Å². The fraction of sp³-hybridized carbons (Fsp3) is 0.750. The van der Waals surface area contributed by atoms with E-state index in [9.17, 15) is 0 Å². The standard InChI is InChI=1S/C16H28N4/c1-4-10-17-12-14-5-8-16(19-18-14)20(15-6-7-15)11-9-13(2)3/h5,8,13,15,17H,4,6-7,9-12H2,1-3H3. The van der Waals surface area contributed by atoms with Crippen LogP contribution in [0.1, 0.15) is 52.1 Å². The highest BCUT2D eigenvalue weighted by Gasteiger charge is 2.29. The molecule has 2 rings (SSSR count). The molecular formula is C16H28N4. The van der Waals surface area contributed by atoms with Gasteiger partial charge in [0.25, 0.3) is 0 Å². The molecule has 20 heavy (non-hydrogen) atoms. The van der Waals surface area contributed by atoms with E-state index in [0.717, 1.165) is 43.5 Å². The first-order valence-corrected chi connectivity index (χ1v) is 8.00. The Morgan fingerprint density at radius 2 is 2.10 bits per heavy atom. The van der Waals surface area contributed by atoms with Crippen LogP contribution >= 0.6 is 0 Å². The van der Waals surface area contributed by atoms with Crippen molar-refractivity contribution in [2.75, 3.05) is 18.0 Å². The average Bonchev–Trinajstić information content (AvgIpc) is 3.25. The molecule has 0 unspecified atom stereocenters. The van der Waals surface area contributed by atoms with Crippen molar-refractivity contribution in [3.05, 3.63) is 17.8 Å². The molecule has 1 aliphatic carbocycles. The van der Waals surface area contributed by atoms with Gasteiger partial charge in [-0.2, -0.15) is 5.10 Å². The molecule has 0 radical (unpaired) electrons. The van der Waals surface area contributed by atoms with Gasteiger partial charge in [0, 0.05) is 19.1 Å². The zero-order valence-corrected chi connectivity index (χ0v) is 13.1. The van der Waals surface area contributed by atoms with Gasteiger partial charge in [-0.15, -0.1) is 5.10 Å². The molecule has 1 saturated carbocycles. The van der Waals surface area contributed by atoms with Crippen molar-refractivity contribution in [3.8, 4) is 0 Å². The SMILES string of the molecule is CCCNCc1ccc(N(CCC(C)C)C2CC2)nn1. The zero-order chi connectivity index (χ0) is 14.4. The molecule has 0 aromatic carbocycles. The molecule has 112 valence electrons. The summed E-state index contributed by atoms with van der Waals surface area (Å²) < 4.78 is 0. The first-order valence-electron chi connectivity index (χ1n) is 8.00. The highest BCUT2D eigenvalue weighted by atomic mass is 15.3. The smallest absolute Gasteiger partial charge is 0.151 e. The van der Waals surface area contributed by atoms with Gasteiger partial charge >= 0.3 is 0 Å². The molecule has 1 aromatic rings. The molecule has 1 aliphatic rings. The minimum absolute atomic E-state index is 0.701. The fourth-order valence-corrected chi connectivity index (χ4v) is 2.26. The molecule has 0 saturated heterocycles. The van der Waals surface area contributed by atoms with Crippen LogP contribution < -0.4 is 10.2 Å². The van der Waals surface area contributed by atoms with Crippen molar-refractivity contribution in [1.29, 1.82) is 0 Å². The number of rotatable bonds is 9. The summed E-state index contributed by atoms with van der Waals surface area (Å²) in [5.41, 5.74) is 1.03. The van der Waals surface area contributed by atoms with E-state index in [0.29, 0.717) is 6.04 Å². The van der Waals surface area contributed by atoms with Crippen molar-refractivity contribution in [2.45, 2.75) is 59.0 Å². The molecule has 1 heterocycles. The number of hydrogen-bond acceptors (Lipinski definition) is 4. The molecule has 0 bridgehead atoms. The maximum absolute atomic E-state index is 4.43. The predicted molar refractivity (Wildman–Crippen MR) is 83.9 cm³/mol. The lowest BCUT2D eigenvalue weighted by Gasteiger charge is -2.24. The maximum atomic E-state index is 4.43. The summed E-state index contributed by atoms with van der Waals surface area (Å²) in [6.07, 6.45) is 4.98. The summed E-state index contributed by atoms with van der Waals surface area (Å²) in [5, 5.41) is 12.1. The lowest BCUT2D eigenvalue weighted by atomic mass is 10.1. The molecule has 4 heteroatoms. The maximum Gasteiger partial charge on any atom is 0.151 e. The molecule has 0 atom stereocenters. The number of anilines is 1. The van der Waals surface area contributed by atoms with Crippen LogP contribution in [0.4, 0.5) is 5.82 Å². The van der Waals surface area contributed by atoms with Gasteiger partial charge in [-0.05, 0) is 50.3 Å². The minimum Gasteiger partial charge on any atom is -0.352 e. The van der Waals surface area contributed by atoms with Gasteiger partial charge in [-0.1, -0.05) is 20.8 Å². The third-order valence-corrected chi connectivity index (χ3v) is 3.67. The van der Waals surface area contributed by atoms with Crippen molar-refractivity contribution in [2.24, 2.45) is 5.92 Å². The average molecular weight is 276 g/mol. The highest BCUT2D eigenvalue weighted by Crippen LogP contribution is 2.30. The van der Waals surface area contributed by atoms with E-state index in [2.05, 4.69) is 53.3 Å². The summed E-state index contributed by atoms with van der Waals surface area (Å²) >= 11 is 0. The number of nitrogens with zero attached hydrogens (tertiary/aromatic N) is 3. The quantitative estimate of drug-likeness (QED) is 0.704. The molecule has 1 N–H and O–H groups in total. The lowest BCUT2D eigenvalue weighted by molar-refractivity contribution is 0.566. The Labute approximate surface area is 123 Å². The first kappa shape index (κ1) is 15.2. The van der Waals surface area contributed by atoms with Crippen molar-refractivity contribution < 1.29 is 0 Å². The molecule has 0 aliphatic heterocycles. The van der Waals surface area contributed by atoms with Gasteiger partial charge in [0.15, 0.2) is 5.82 Å². The van der Waals surface area contributed by atoms with Gasteiger partial charge < -0.3 is 10.2 Å². The summed E-state index contributed by atoms with van der Waals surface area (Å²) in [6.45, 7) is 9.68. The molecule has 1 aromatic heterocycles. The summed E-state index contributed by atoms with van der Waals surface area (Å²) in [7, 11) is 0. The Hall–Kier alpha value is -1.16. The van der Waals surface area contributed by atoms with Crippen LogP contribution in [0.2, 0.25) is 0 Å². The normalized spacial score (nSPS) is 14.8. The second kappa shape index (κ2) is 7.58. The summed E-state index contributed by atoms with van der Waals surface area (Å²) in [4.78, 5) is 2.44. The van der Waals surface area contributed by atoms with E-state index in [4.69, 9.17) is 0 Å².